The van der Waals surface area contributed by atoms with Crippen LogP contribution in [-0.4, -0.2) is 23.7 Å². The van der Waals surface area contributed by atoms with E-state index in [1.54, 1.807) is 24.1 Å². The van der Waals surface area contributed by atoms with Gasteiger partial charge in [-0.15, -0.1) is 0 Å². The third-order valence-corrected chi connectivity index (χ3v) is 5.49. The van der Waals surface area contributed by atoms with Crippen molar-refractivity contribution < 1.29 is 19.2 Å². The number of rotatable bonds is 4. The lowest BCUT2D eigenvalue weighted by Crippen LogP contribution is -2.40. The quantitative estimate of drug-likeness (QED) is 0.576. The fourth-order valence-electron chi connectivity index (χ4n) is 4.16. The number of nitro groups is 1. The number of nitrogens with zero attached hydrogens (tertiary/aromatic N) is 2. The number of carbonyl (C=O) groups is 2. The normalized spacial score (nSPS) is 19.2. The Balaban J connectivity index is 1.81. The van der Waals surface area contributed by atoms with E-state index in [1.807, 2.05) is 24.3 Å². The van der Waals surface area contributed by atoms with Crippen LogP contribution in [-0.2, 0) is 9.59 Å². The molecule has 1 aliphatic carbocycles. The van der Waals surface area contributed by atoms with Crippen LogP contribution in [0.3, 0.4) is 0 Å². The highest BCUT2D eigenvalue weighted by Crippen LogP contribution is 2.44. The van der Waals surface area contributed by atoms with Crippen LogP contribution in [0, 0.1) is 10.1 Å². The number of methoxy groups -OCH3 is 1. The van der Waals surface area contributed by atoms with Crippen molar-refractivity contribution in [1.29, 1.82) is 0 Å². The molecule has 0 spiro atoms. The van der Waals surface area contributed by atoms with Crippen LogP contribution in [0.25, 0.3) is 0 Å². The number of hydrogen-bond donors (Lipinski definition) is 0. The maximum Gasteiger partial charge on any atom is 0.269 e. The molecular weight excluding hydrogens is 372 g/mol. The molecule has 1 atom stereocenters. The molecule has 0 radical (unpaired) electrons. The Morgan fingerprint density at radius 3 is 2.55 bits per heavy atom. The Labute approximate surface area is 167 Å². The minimum atomic E-state index is -0.477. The molecule has 0 aromatic heterocycles. The zero-order valence-corrected chi connectivity index (χ0v) is 16.0. The van der Waals surface area contributed by atoms with E-state index in [0.29, 0.717) is 42.0 Å². The second-order valence-electron chi connectivity index (χ2n) is 7.17. The summed E-state index contributed by atoms with van der Waals surface area (Å²) in [6, 6.07) is 13.3. The summed E-state index contributed by atoms with van der Waals surface area (Å²) >= 11 is 0. The van der Waals surface area contributed by atoms with Crippen LogP contribution in [0.5, 0.6) is 5.75 Å². The molecule has 7 heteroatoms. The van der Waals surface area contributed by atoms with E-state index in [2.05, 4.69) is 0 Å². The van der Waals surface area contributed by atoms with Crippen LogP contribution >= 0.6 is 0 Å². The number of nitro benzene ring substituents is 1. The summed E-state index contributed by atoms with van der Waals surface area (Å²) in [5.74, 6) is 0.298. The first-order valence-corrected chi connectivity index (χ1v) is 9.47. The smallest absolute Gasteiger partial charge is 0.269 e. The molecule has 1 unspecified atom stereocenters. The van der Waals surface area contributed by atoms with Gasteiger partial charge in [-0.1, -0.05) is 12.1 Å². The summed E-state index contributed by atoms with van der Waals surface area (Å²) in [7, 11) is 1.58. The van der Waals surface area contributed by atoms with Gasteiger partial charge in [0.15, 0.2) is 5.78 Å². The summed E-state index contributed by atoms with van der Waals surface area (Å²) in [5, 5.41) is 10.9. The Kier molecular flexibility index (Phi) is 4.88. The minimum absolute atomic E-state index is 0.0404. The van der Waals surface area contributed by atoms with Gasteiger partial charge in [0.2, 0.25) is 5.91 Å². The second-order valence-corrected chi connectivity index (χ2v) is 7.17. The van der Waals surface area contributed by atoms with Gasteiger partial charge < -0.3 is 4.74 Å². The van der Waals surface area contributed by atoms with Crippen molar-refractivity contribution >= 4 is 23.1 Å². The number of allylic oxidation sites excluding steroid dienone is 2. The molecule has 148 valence electrons. The van der Waals surface area contributed by atoms with Gasteiger partial charge >= 0.3 is 0 Å². The van der Waals surface area contributed by atoms with Crippen molar-refractivity contribution in [2.24, 2.45) is 0 Å². The zero-order valence-electron chi connectivity index (χ0n) is 16.0. The van der Waals surface area contributed by atoms with Gasteiger partial charge in [0, 0.05) is 47.8 Å². The van der Waals surface area contributed by atoms with Crippen molar-refractivity contribution in [3.05, 3.63) is 75.5 Å². The van der Waals surface area contributed by atoms with Gasteiger partial charge in [-0.25, -0.2) is 0 Å². The van der Waals surface area contributed by atoms with E-state index in [0.717, 1.165) is 5.56 Å². The van der Waals surface area contributed by atoms with E-state index < -0.39 is 4.92 Å². The highest BCUT2D eigenvalue weighted by Gasteiger charge is 2.39. The average molecular weight is 392 g/mol. The fourth-order valence-corrected chi connectivity index (χ4v) is 4.16. The predicted octanol–water partition coefficient (Wildman–Crippen LogP) is 4.13. The lowest BCUT2D eigenvalue weighted by atomic mass is 9.77. The summed E-state index contributed by atoms with van der Waals surface area (Å²) in [4.78, 5) is 38.0. The molecule has 4 rings (SSSR count). The van der Waals surface area contributed by atoms with Crippen molar-refractivity contribution in [2.45, 2.75) is 31.6 Å². The van der Waals surface area contributed by atoms with Crippen molar-refractivity contribution in [1.82, 2.24) is 0 Å². The molecule has 0 fully saturated rings. The lowest BCUT2D eigenvalue weighted by molar-refractivity contribution is -0.384. The van der Waals surface area contributed by atoms with E-state index >= 15 is 0 Å². The highest BCUT2D eigenvalue weighted by molar-refractivity contribution is 6.07. The first-order valence-electron chi connectivity index (χ1n) is 9.47. The van der Waals surface area contributed by atoms with Gasteiger partial charge in [0.25, 0.3) is 5.69 Å². The van der Waals surface area contributed by atoms with E-state index in [1.165, 1.54) is 12.1 Å². The number of anilines is 1. The van der Waals surface area contributed by atoms with Crippen LogP contribution in [0.1, 0.15) is 37.2 Å². The van der Waals surface area contributed by atoms with Crippen molar-refractivity contribution in [3.63, 3.8) is 0 Å². The van der Waals surface area contributed by atoms with E-state index in [4.69, 9.17) is 4.74 Å². The number of ether oxygens (including phenoxy) is 1. The molecule has 2 aliphatic rings. The third kappa shape index (κ3) is 3.40. The Bertz CT molecular complexity index is 1030. The molecule has 0 bridgehead atoms. The molecular formula is C22H20N2O5. The topological polar surface area (TPSA) is 89.8 Å². The standard InChI is InChI=1S/C22H20N2O5/c1-29-17-5-2-4-14(12-17)18-13-21(26)23(19-6-3-7-20(25)22(18)19)15-8-10-16(11-9-15)24(27)28/h2,4-5,8-12,18H,3,6-7,13H2,1H3. The number of ketones is 1. The zero-order chi connectivity index (χ0) is 20.5. The molecule has 0 saturated carbocycles. The number of Topliss-reactive ketones (excluding diaryl/α,β-unsaturated/α-hetero) is 1. The van der Waals surface area contributed by atoms with Crippen LogP contribution in [0.2, 0.25) is 0 Å². The number of non-ortho nitro benzene ring substituents is 1. The minimum Gasteiger partial charge on any atom is -0.497 e. The lowest BCUT2D eigenvalue weighted by Gasteiger charge is -2.38. The SMILES string of the molecule is COc1cccc(C2CC(=O)N(c3ccc([N+](=O)[O-])cc3)C3=C2C(=O)CCC3)c1. The Hall–Kier alpha value is -3.48. The van der Waals surface area contributed by atoms with Crippen LogP contribution in [0.15, 0.2) is 59.8 Å². The Morgan fingerprint density at radius 2 is 1.86 bits per heavy atom. The fraction of sp³-hybridized carbons (Fsp3) is 0.273. The van der Waals surface area contributed by atoms with Gasteiger partial charge in [0.1, 0.15) is 5.75 Å². The predicted molar refractivity (Wildman–Crippen MR) is 107 cm³/mol. The molecule has 1 aliphatic heterocycles. The number of amides is 1. The number of hydrogen-bond acceptors (Lipinski definition) is 5. The van der Waals surface area contributed by atoms with Gasteiger partial charge in [-0.05, 0) is 42.7 Å². The van der Waals surface area contributed by atoms with E-state index in [-0.39, 0.29) is 29.7 Å². The molecule has 2 aromatic rings. The molecule has 0 saturated heterocycles. The first-order chi connectivity index (χ1) is 14.0. The molecule has 2 aromatic carbocycles. The Morgan fingerprint density at radius 1 is 1.10 bits per heavy atom. The first kappa shape index (κ1) is 18.9. The average Bonchev–Trinajstić information content (AvgIpc) is 2.73. The van der Waals surface area contributed by atoms with Crippen LogP contribution in [0.4, 0.5) is 11.4 Å². The molecule has 0 N–H and O–H groups in total. The summed E-state index contributed by atoms with van der Waals surface area (Å²) in [6.45, 7) is 0. The van der Waals surface area contributed by atoms with Crippen molar-refractivity contribution in [3.8, 4) is 5.75 Å². The van der Waals surface area contributed by atoms with Gasteiger partial charge in [-0.2, -0.15) is 0 Å². The maximum absolute atomic E-state index is 13.1. The van der Waals surface area contributed by atoms with Crippen LogP contribution < -0.4 is 9.64 Å². The molecule has 1 heterocycles. The van der Waals surface area contributed by atoms with E-state index in [9.17, 15) is 19.7 Å². The number of carbonyl (C=O) groups excluding carboxylic acids is 2. The van der Waals surface area contributed by atoms with Gasteiger partial charge in [0.05, 0.1) is 12.0 Å². The number of benzene rings is 2. The summed E-state index contributed by atoms with van der Waals surface area (Å²) in [6.07, 6.45) is 1.92. The highest BCUT2D eigenvalue weighted by atomic mass is 16.6. The third-order valence-electron chi connectivity index (χ3n) is 5.49. The molecule has 29 heavy (non-hydrogen) atoms. The maximum atomic E-state index is 13.1. The molecule has 1 amide bonds. The largest absolute Gasteiger partial charge is 0.497 e. The monoisotopic (exact) mass is 392 g/mol. The van der Waals surface area contributed by atoms with Crippen molar-refractivity contribution in [2.75, 3.05) is 12.0 Å². The summed E-state index contributed by atoms with van der Waals surface area (Å²) in [5.41, 5.74) is 2.76. The second kappa shape index (κ2) is 7.50. The summed E-state index contributed by atoms with van der Waals surface area (Å²) < 4.78 is 5.30. The molecule has 7 nitrogen and oxygen atoms in total. The van der Waals surface area contributed by atoms with Gasteiger partial charge in [-0.3, -0.25) is 24.6 Å².